The smallest absolute Gasteiger partial charge is 0.157 e. The van der Waals surface area contributed by atoms with Crippen LogP contribution in [0, 0.1) is 0 Å². The van der Waals surface area contributed by atoms with Crippen molar-refractivity contribution in [3.63, 3.8) is 0 Å². The number of aryl methyl sites for hydroxylation is 1. The zero-order chi connectivity index (χ0) is 12.3. The summed E-state index contributed by atoms with van der Waals surface area (Å²) in [5, 5.41) is 3.29. The maximum atomic E-state index is 12.3. The molecular formula is C15H21NO. The van der Waals surface area contributed by atoms with Crippen LogP contribution in [0.3, 0.4) is 0 Å². The molecule has 0 aromatic heterocycles. The topological polar surface area (TPSA) is 29.1 Å². The number of Topliss-reactive ketones (excluding diaryl/α,β-unsaturated/α-hetero) is 1. The van der Waals surface area contributed by atoms with E-state index >= 15 is 0 Å². The van der Waals surface area contributed by atoms with E-state index in [2.05, 4.69) is 36.5 Å². The minimum absolute atomic E-state index is 0.347. The third-order valence-electron chi connectivity index (χ3n) is 3.94. The van der Waals surface area contributed by atoms with Gasteiger partial charge < -0.3 is 5.32 Å². The second-order valence-corrected chi connectivity index (χ2v) is 4.84. The Morgan fingerprint density at radius 2 is 2.18 bits per heavy atom. The number of benzene rings is 1. The van der Waals surface area contributed by atoms with Crippen molar-refractivity contribution in [3.05, 3.63) is 35.4 Å². The van der Waals surface area contributed by atoms with Gasteiger partial charge in [-0.3, -0.25) is 4.79 Å². The average molecular weight is 231 g/mol. The van der Waals surface area contributed by atoms with Crippen molar-refractivity contribution < 1.29 is 4.79 Å². The molecule has 0 heterocycles. The molecule has 1 fully saturated rings. The van der Waals surface area contributed by atoms with Gasteiger partial charge in [-0.1, -0.05) is 37.6 Å². The van der Waals surface area contributed by atoms with Gasteiger partial charge in [-0.05, 0) is 37.4 Å². The molecule has 0 amide bonds. The van der Waals surface area contributed by atoms with Crippen molar-refractivity contribution >= 4 is 5.78 Å². The Balaban J connectivity index is 2.42. The van der Waals surface area contributed by atoms with Crippen molar-refractivity contribution in [2.75, 3.05) is 7.05 Å². The second kappa shape index (κ2) is 5.01. The molecule has 0 radical (unpaired) electrons. The van der Waals surface area contributed by atoms with Crippen LogP contribution >= 0.6 is 0 Å². The SMILES string of the molecule is CCc1cccc([C@]2(NC)CCCCC2=O)c1. The Morgan fingerprint density at radius 3 is 2.82 bits per heavy atom. The van der Waals surface area contributed by atoms with Crippen molar-refractivity contribution in [1.29, 1.82) is 0 Å². The Kier molecular flexibility index (Phi) is 3.63. The van der Waals surface area contributed by atoms with Gasteiger partial charge in [-0.2, -0.15) is 0 Å². The highest BCUT2D eigenvalue weighted by atomic mass is 16.1. The van der Waals surface area contributed by atoms with Gasteiger partial charge in [-0.25, -0.2) is 0 Å². The van der Waals surface area contributed by atoms with Gasteiger partial charge in [0.05, 0.1) is 0 Å². The quantitative estimate of drug-likeness (QED) is 0.866. The maximum absolute atomic E-state index is 12.3. The van der Waals surface area contributed by atoms with Crippen molar-refractivity contribution in [2.24, 2.45) is 0 Å². The molecule has 1 atom stereocenters. The highest BCUT2D eigenvalue weighted by molar-refractivity contribution is 5.90. The number of ketones is 1. The molecule has 0 spiro atoms. The van der Waals surface area contributed by atoms with Crippen LogP contribution < -0.4 is 5.32 Å². The molecule has 2 rings (SSSR count). The lowest BCUT2D eigenvalue weighted by atomic mass is 9.75. The molecule has 17 heavy (non-hydrogen) atoms. The molecule has 1 aromatic carbocycles. The van der Waals surface area contributed by atoms with E-state index in [1.165, 1.54) is 5.56 Å². The van der Waals surface area contributed by atoms with Crippen molar-refractivity contribution in [3.8, 4) is 0 Å². The maximum Gasteiger partial charge on any atom is 0.157 e. The first kappa shape index (κ1) is 12.3. The summed E-state index contributed by atoms with van der Waals surface area (Å²) in [6.07, 6.45) is 4.81. The van der Waals surface area contributed by atoms with Gasteiger partial charge in [0.25, 0.3) is 0 Å². The lowest BCUT2D eigenvalue weighted by molar-refractivity contribution is -0.127. The second-order valence-electron chi connectivity index (χ2n) is 4.84. The van der Waals surface area contributed by atoms with Crippen LogP contribution in [0.5, 0.6) is 0 Å². The minimum Gasteiger partial charge on any atom is -0.304 e. The van der Waals surface area contributed by atoms with Crippen LogP contribution in [0.4, 0.5) is 0 Å². The molecule has 0 saturated heterocycles. The van der Waals surface area contributed by atoms with E-state index in [1.807, 2.05) is 7.05 Å². The summed E-state index contributed by atoms with van der Waals surface area (Å²) < 4.78 is 0. The van der Waals surface area contributed by atoms with Crippen LogP contribution in [0.2, 0.25) is 0 Å². The third-order valence-corrected chi connectivity index (χ3v) is 3.94. The molecule has 1 aliphatic rings. The summed E-state index contributed by atoms with van der Waals surface area (Å²) in [5.41, 5.74) is 2.02. The van der Waals surface area contributed by atoms with Gasteiger partial charge in [0.15, 0.2) is 5.78 Å². The van der Waals surface area contributed by atoms with E-state index in [1.54, 1.807) is 0 Å². The first-order chi connectivity index (χ1) is 8.23. The molecule has 0 bridgehead atoms. The number of hydrogen-bond donors (Lipinski definition) is 1. The number of likely N-dealkylation sites (N-methyl/N-ethyl adjacent to an activating group) is 1. The molecule has 1 aliphatic carbocycles. The Morgan fingerprint density at radius 1 is 1.35 bits per heavy atom. The highest BCUT2D eigenvalue weighted by Crippen LogP contribution is 2.34. The number of nitrogens with one attached hydrogen (secondary N) is 1. The van der Waals surface area contributed by atoms with E-state index in [0.717, 1.165) is 31.2 Å². The molecule has 1 N–H and O–H groups in total. The summed E-state index contributed by atoms with van der Waals surface area (Å²) in [7, 11) is 1.90. The molecule has 0 aliphatic heterocycles. The molecule has 1 aromatic rings. The molecule has 2 heteroatoms. The van der Waals surface area contributed by atoms with E-state index in [0.29, 0.717) is 12.2 Å². The monoisotopic (exact) mass is 231 g/mol. The Hall–Kier alpha value is -1.15. The number of rotatable bonds is 3. The fraction of sp³-hybridized carbons (Fsp3) is 0.533. The normalized spacial score (nSPS) is 24.9. The zero-order valence-corrected chi connectivity index (χ0v) is 10.8. The minimum atomic E-state index is -0.427. The number of carbonyl (C=O) groups is 1. The first-order valence-electron chi connectivity index (χ1n) is 6.54. The van der Waals surface area contributed by atoms with E-state index in [-0.39, 0.29) is 0 Å². The van der Waals surface area contributed by atoms with Crippen molar-refractivity contribution in [2.45, 2.75) is 44.6 Å². The molecule has 1 saturated carbocycles. The zero-order valence-electron chi connectivity index (χ0n) is 10.8. The van der Waals surface area contributed by atoms with Crippen LogP contribution in [0.25, 0.3) is 0 Å². The van der Waals surface area contributed by atoms with E-state index in [4.69, 9.17) is 0 Å². The summed E-state index contributed by atoms with van der Waals surface area (Å²) in [6, 6.07) is 8.45. The van der Waals surface area contributed by atoms with Crippen molar-refractivity contribution in [1.82, 2.24) is 5.32 Å². The third kappa shape index (κ3) is 2.14. The van der Waals surface area contributed by atoms with Crippen LogP contribution in [0.1, 0.15) is 43.7 Å². The van der Waals surface area contributed by atoms with Crippen LogP contribution in [-0.4, -0.2) is 12.8 Å². The fourth-order valence-corrected chi connectivity index (χ4v) is 2.80. The largest absolute Gasteiger partial charge is 0.304 e. The van der Waals surface area contributed by atoms with Crippen LogP contribution in [-0.2, 0) is 16.8 Å². The predicted octanol–water partition coefficient (Wildman–Crippen LogP) is 2.81. The fourth-order valence-electron chi connectivity index (χ4n) is 2.80. The van der Waals surface area contributed by atoms with Crippen LogP contribution in [0.15, 0.2) is 24.3 Å². The molecule has 2 nitrogen and oxygen atoms in total. The Labute approximate surface area is 103 Å². The average Bonchev–Trinajstić information content (AvgIpc) is 2.40. The standard InChI is InChI=1S/C15H21NO/c1-3-12-7-6-8-13(11-12)15(16-2)10-5-4-9-14(15)17/h6-8,11,16H,3-5,9-10H2,1-2H3/t15-/m1/s1. The van der Waals surface area contributed by atoms with Gasteiger partial charge in [0, 0.05) is 6.42 Å². The van der Waals surface area contributed by atoms with E-state index in [9.17, 15) is 4.79 Å². The van der Waals surface area contributed by atoms with E-state index < -0.39 is 5.54 Å². The number of carbonyl (C=O) groups excluding carboxylic acids is 1. The lowest BCUT2D eigenvalue weighted by Gasteiger charge is -2.36. The van der Waals surface area contributed by atoms with Gasteiger partial charge in [0.2, 0.25) is 0 Å². The molecule has 92 valence electrons. The van der Waals surface area contributed by atoms with Gasteiger partial charge in [0.1, 0.15) is 5.54 Å². The summed E-state index contributed by atoms with van der Waals surface area (Å²) in [4.78, 5) is 12.3. The first-order valence-corrected chi connectivity index (χ1v) is 6.54. The summed E-state index contributed by atoms with van der Waals surface area (Å²) >= 11 is 0. The predicted molar refractivity (Wildman–Crippen MR) is 70.0 cm³/mol. The lowest BCUT2D eigenvalue weighted by Crippen LogP contribution is -2.49. The van der Waals surface area contributed by atoms with Gasteiger partial charge >= 0.3 is 0 Å². The molecular weight excluding hydrogens is 210 g/mol. The van der Waals surface area contributed by atoms with Gasteiger partial charge in [-0.15, -0.1) is 0 Å². The summed E-state index contributed by atoms with van der Waals surface area (Å²) in [6.45, 7) is 2.15. The molecule has 0 unspecified atom stereocenters. The number of hydrogen-bond acceptors (Lipinski definition) is 2. The highest BCUT2D eigenvalue weighted by Gasteiger charge is 2.39. The Bertz CT molecular complexity index is 413. The summed E-state index contributed by atoms with van der Waals surface area (Å²) in [5.74, 6) is 0.347.